The zero-order valence-electron chi connectivity index (χ0n) is 30.2. The van der Waals surface area contributed by atoms with Crippen LogP contribution in [0.15, 0.2) is 142 Å². The maximum Gasteiger partial charge on any atom is 0.143 e. The van der Waals surface area contributed by atoms with Crippen molar-refractivity contribution in [2.75, 3.05) is 0 Å². The van der Waals surface area contributed by atoms with Gasteiger partial charge in [0.05, 0.1) is 5.41 Å². The molecule has 2 aliphatic carbocycles. The van der Waals surface area contributed by atoms with Gasteiger partial charge in [-0.05, 0) is 114 Å². The van der Waals surface area contributed by atoms with Gasteiger partial charge in [-0.15, -0.1) is 0 Å². The van der Waals surface area contributed by atoms with E-state index >= 15 is 0 Å². The Balaban J connectivity index is 1.16. The van der Waals surface area contributed by atoms with Gasteiger partial charge in [0.2, 0.25) is 0 Å². The van der Waals surface area contributed by atoms with Gasteiger partial charge >= 0.3 is 0 Å². The second kappa shape index (κ2) is 10.1. The lowest BCUT2D eigenvalue weighted by atomic mass is 9.48. The molecule has 2 heterocycles. The van der Waals surface area contributed by atoms with E-state index in [1.807, 2.05) is 0 Å². The Kier molecular flexibility index (Phi) is 5.59. The van der Waals surface area contributed by atoms with Crippen LogP contribution in [0.2, 0.25) is 0 Å². The van der Waals surface area contributed by atoms with Crippen molar-refractivity contribution in [2.45, 2.75) is 44.9 Å². The van der Waals surface area contributed by atoms with Crippen LogP contribution in [-0.4, -0.2) is 0 Å². The lowest BCUT2D eigenvalue weighted by Crippen LogP contribution is -2.44. The van der Waals surface area contributed by atoms with E-state index in [2.05, 4.69) is 161 Å². The van der Waals surface area contributed by atoms with Gasteiger partial charge < -0.3 is 8.83 Å². The standard InChI is InChI=1S/C51H36O2/c1-27(2)29-19-33-21-31(35-13-9-15-39-37-11-5-7-17-45(37)52-49(35)39)25-43-47(33)41(23-29)51(43)42-24-30(28(3)4)20-34-22-32(26-44(51)48(34)42)36-14-10-16-40-38-12-6-8-18-46(38)53-50(36)40/h5-28H,1-4H3. The van der Waals surface area contributed by atoms with Crippen molar-refractivity contribution in [3.05, 3.63) is 167 Å². The van der Waals surface area contributed by atoms with E-state index in [-0.39, 0.29) is 5.41 Å². The summed E-state index contributed by atoms with van der Waals surface area (Å²) in [6.07, 6.45) is 0. The van der Waals surface area contributed by atoms with E-state index in [4.69, 9.17) is 8.83 Å². The molecule has 10 aromatic rings. The lowest BCUT2D eigenvalue weighted by Gasteiger charge is -2.53. The first kappa shape index (κ1) is 29.5. The maximum atomic E-state index is 6.62. The summed E-state index contributed by atoms with van der Waals surface area (Å²) in [5.41, 5.74) is 16.6. The van der Waals surface area contributed by atoms with E-state index < -0.39 is 0 Å². The summed E-state index contributed by atoms with van der Waals surface area (Å²) in [7, 11) is 0. The third-order valence-corrected chi connectivity index (χ3v) is 12.5. The highest BCUT2D eigenvalue weighted by Gasteiger charge is 2.55. The lowest BCUT2D eigenvalue weighted by molar-refractivity contribution is 0.669. The number of fused-ring (bicyclic) bond motifs is 10. The van der Waals surface area contributed by atoms with Crippen molar-refractivity contribution in [3.8, 4) is 22.3 Å². The Morgan fingerprint density at radius 3 is 1.28 bits per heavy atom. The third kappa shape index (κ3) is 3.64. The molecule has 0 atom stereocenters. The van der Waals surface area contributed by atoms with Gasteiger partial charge in [-0.25, -0.2) is 0 Å². The van der Waals surface area contributed by atoms with Crippen molar-refractivity contribution < 1.29 is 8.83 Å². The van der Waals surface area contributed by atoms with Crippen LogP contribution in [0.25, 0.3) is 87.7 Å². The van der Waals surface area contributed by atoms with Crippen molar-refractivity contribution in [1.29, 1.82) is 0 Å². The number of rotatable bonds is 4. The van der Waals surface area contributed by atoms with Crippen molar-refractivity contribution in [2.24, 2.45) is 0 Å². The number of para-hydroxylation sites is 4. The highest BCUT2D eigenvalue weighted by atomic mass is 16.3. The number of benzene rings is 8. The number of hydrogen-bond donors (Lipinski definition) is 0. The van der Waals surface area contributed by atoms with Crippen LogP contribution in [0.4, 0.5) is 0 Å². The zero-order valence-corrected chi connectivity index (χ0v) is 30.2. The SMILES string of the molecule is CC(C)c1cc2c3c(cc(-c4cccc5c4oc4ccccc45)cc3c1)C21c2cc(-c3cccc4c3oc3ccccc34)cc3cc(C(C)C)cc1c23. The van der Waals surface area contributed by atoms with Gasteiger partial charge in [-0.3, -0.25) is 0 Å². The summed E-state index contributed by atoms with van der Waals surface area (Å²) in [6, 6.07) is 49.7. The fourth-order valence-corrected chi connectivity index (χ4v) is 9.93. The normalized spacial score (nSPS) is 14.2. The highest BCUT2D eigenvalue weighted by Crippen LogP contribution is 2.66. The van der Waals surface area contributed by atoms with Gasteiger partial charge in [0.1, 0.15) is 22.3 Å². The monoisotopic (exact) mass is 680 g/mol. The summed E-state index contributed by atoms with van der Waals surface area (Å²) >= 11 is 0. The largest absolute Gasteiger partial charge is 0.455 e. The number of hydrogen-bond acceptors (Lipinski definition) is 2. The molecule has 252 valence electrons. The molecule has 53 heavy (non-hydrogen) atoms. The smallest absolute Gasteiger partial charge is 0.143 e. The van der Waals surface area contributed by atoms with Gasteiger partial charge in [-0.1, -0.05) is 125 Å². The second-order valence-corrected chi connectivity index (χ2v) is 16.0. The zero-order chi connectivity index (χ0) is 35.3. The van der Waals surface area contributed by atoms with Crippen LogP contribution in [-0.2, 0) is 5.41 Å². The molecule has 2 aromatic heterocycles. The van der Waals surface area contributed by atoms with Gasteiger partial charge in [-0.2, -0.15) is 0 Å². The summed E-state index contributed by atoms with van der Waals surface area (Å²) in [4.78, 5) is 0. The van der Waals surface area contributed by atoms with Crippen LogP contribution >= 0.6 is 0 Å². The van der Waals surface area contributed by atoms with Crippen molar-refractivity contribution in [3.63, 3.8) is 0 Å². The number of furan rings is 2. The molecule has 0 N–H and O–H groups in total. The first-order valence-corrected chi connectivity index (χ1v) is 19.0. The molecule has 12 rings (SSSR count). The van der Waals surface area contributed by atoms with Crippen LogP contribution in [0.1, 0.15) is 72.9 Å². The minimum Gasteiger partial charge on any atom is -0.455 e. The minimum absolute atomic E-state index is 0.313. The minimum atomic E-state index is -0.313. The summed E-state index contributed by atoms with van der Waals surface area (Å²) < 4.78 is 13.2. The van der Waals surface area contributed by atoms with E-state index in [1.165, 1.54) is 66.1 Å². The van der Waals surface area contributed by atoms with E-state index in [9.17, 15) is 0 Å². The molecule has 0 saturated heterocycles. The molecule has 1 spiro atoms. The highest BCUT2D eigenvalue weighted by molar-refractivity contribution is 6.16. The Labute approximate surface area is 307 Å². The Morgan fingerprint density at radius 1 is 0.415 bits per heavy atom. The van der Waals surface area contributed by atoms with E-state index in [0.717, 1.165) is 55.0 Å². The Hall–Kier alpha value is -6.12. The maximum absolute atomic E-state index is 6.62. The summed E-state index contributed by atoms with van der Waals surface area (Å²) in [6.45, 7) is 9.27. The summed E-state index contributed by atoms with van der Waals surface area (Å²) in [5, 5.41) is 10.1. The average molecular weight is 681 g/mol. The van der Waals surface area contributed by atoms with Crippen LogP contribution in [0.3, 0.4) is 0 Å². The molecule has 2 nitrogen and oxygen atoms in total. The fraction of sp³-hybridized carbons (Fsp3) is 0.137. The Bertz CT molecular complexity index is 3020. The first-order chi connectivity index (χ1) is 25.9. The van der Waals surface area contributed by atoms with Crippen LogP contribution in [0, 0.1) is 0 Å². The van der Waals surface area contributed by atoms with Gasteiger partial charge in [0.25, 0.3) is 0 Å². The van der Waals surface area contributed by atoms with E-state index in [0.29, 0.717) is 11.8 Å². The van der Waals surface area contributed by atoms with Crippen molar-refractivity contribution >= 4 is 65.4 Å². The molecule has 8 aromatic carbocycles. The molecule has 0 bridgehead atoms. The topological polar surface area (TPSA) is 26.3 Å². The van der Waals surface area contributed by atoms with Gasteiger partial charge in [0, 0.05) is 32.7 Å². The molecule has 2 heteroatoms. The molecular formula is C51H36O2. The molecular weight excluding hydrogens is 645 g/mol. The van der Waals surface area contributed by atoms with Crippen LogP contribution in [0.5, 0.6) is 0 Å². The third-order valence-electron chi connectivity index (χ3n) is 12.5. The van der Waals surface area contributed by atoms with Gasteiger partial charge in [0.15, 0.2) is 0 Å². The van der Waals surface area contributed by atoms with Crippen LogP contribution < -0.4 is 0 Å². The molecule has 0 unspecified atom stereocenters. The summed E-state index contributed by atoms with van der Waals surface area (Å²) in [5.74, 6) is 0.801. The molecule has 2 aliphatic rings. The molecule has 0 fully saturated rings. The van der Waals surface area contributed by atoms with Crippen molar-refractivity contribution in [1.82, 2.24) is 0 Å². The quantitative estimate of drug-likeness (QED) is 0.185. The molecule has 0 saturated carbocycles. The predicted octanol–water partition coefficient (Wildman–Crippen LogP) is 14.4. The average Bonchev–Trinajstić information content (AvgIpc) is 3.75. The van der Waals surface area contributed by atoms with E-state index in [1.54, 1.807) is 0 Å². The molecule has 0 aliphatic heterocycles. The Morgan fingerprint density at radius 2 is 0.830 bits per heavy atom. The molecule has 0 amide bonds. The molecule has 0 radical (unpaired) electrons. The first-order valence-electron chi connectivity index (χ1n) is 19.0. The fourth-order valence-electron chi connectivity index (χ4n) is 9.93. The predicted molar refractivity (Wildman–Crippen MR) is 220 cm³/mol. The second-order valence-electron chi connectivity index (χ2n) is 16.0.